The van der Waals surface area contributed by atoms with Crippen molar-refractivity contribution in [3.8, 4) is 0 Å². The van der Waals surface area contributed by atoms with E-state index in [1.54, 1.807) is 23.6 Å². The molecule has 1 atom stereocenters. The maximum Gasteiger partial charge on any atom is 0.272 e. The van der Waals surface area contributed by atoms with Gasteiger partial charge >= 0.3 is 0 Å². The molecule has 1 aliphatic heterocycles. The van der Waals surface area contributed by atoms with Gasteiger partial charge in [0.1, 0.15) is 10.5 Å². The van der Waals surface area contributed by atoms with Gasteiger partial charge in [-0.3, -0.25) is 14.2 Å². The van der Waals surface area contributed by atoms with E-state index < -0.39 is 0 Å². The zero-order valence-corrected chi connectivity index (χ0v) is 18.3. The van der Waals surface area contributed by atoms with Crippen LogP contribution in [0.4, 0.5) is 11.6 Å². The predicted molar refractivity (Wildman–Crippen MR) is 124 cm³/mol. The van der Waals surface area contributed by atoms with Gasteiger partial charge in [0.05, 0.1) is 5.69 Å². The van der Waals surface area contributed by atoms with E-state index in [9.17, 15) is 4.79 Å². The van der Waals surface area contributed by atoms with Crippen LogP contribution in [-0.4, -0.2) is 38.3 Å². The number of likely N-dealkylation sites (tertiary alicyclic amines) is 1. The Morgan fingerprint density at radius 2 is 2.10 bits per heavy atom. The zero-order valence-electron chi connectivity index (χ0n) is 17.5. The molecule has 1 saturated heterocycles. The summed E-state index contributed by atoms with van der Waals surface area (Å²) in [5.74, 6) is 1.05. The Bertz CT molecular complexity index is 1200. The fraction of sp³-hybridized carbons (Fsp3) is 0.292. The minimum atomic E-state index is 0.00199. The lowest BCUT2D eigenvalue weighted by molar-refractivity contribution is 0.0700. The molecule has 5 rings (SSSR count). The molecule has 0 unspecified atom stereocenters. The summed E-state index contributed by atoms with van der Waals surface area (Å²) >= 11 is 1.70. The fourth-order valence-electron chi connectivity index (χ4n) is 4.31. The number of hydrogen-bond acceptors (Lipinski definition) is 5. The van der Waals surface area contributed by atoms with E-state index >= 15 is 0 Å². The van der Waals surface area contributed by atoms with Crippen LogP contribution in [-0.2, 0) is 6.42 Å². The number of hydrogen-bond donors (Lipinski definition) is 1. The number of carbonyl (C=O) groups is 1. The first kappa shape index (κ1) is 19.8. The number of rotatable bonds is 5. The molecule has 1 aliphatic rings. The van der Waals surface area contributed by atoms with E-state index in [2.05, 4.69) is 51.4 Å². The van der Waals surface area contributed by atoms with Crippen molar-refractivity contribution < 1.29 is 4.79 Å². The number of thiazole rings is 1. The molecule has 1 amide bonds. The Labute approximate surface area is 185 Å². The lowest BCUT2D eigenvalue weighted by Gasteiger charge is -2.31. The number of nitrogens with one attached hydrogen (secondary N) is 1. The van der Waals surface area contributed by atoms with Crippen LogP contribution in [0.1, 0.15) is 47.4 Å². The van der Waals surface area contributed by atoms with Crippen LogP contribution in [0.15, 0.2) is 60.2 Å². The number of nitrogens with zero attached hydrogens (tertiary/aromatic N) is 4. The second kappa shape index (κ2) is 8.51. The second-order valence-electron chi connectivity index (χ2n) is 7.84. The molecule has 0 saturated carbocycles. The summed E-state index contributed by atoms with van der Waals surface area (Å²) in [5, 5.41) is 5.63. The Kier molecular flexibility index (Phi) is 5.42. The highest BCUT2D eigenvalue weighted by molar-refractivity contribution is 7.15. The van der Waals surface area contributed by atoms with Crippen molar-refractivity contribution in [3.05, 3.63) is 77.2 Å². The van der Waals surface area contributed by atoms with Crippen LogP contribution in [0.3, 0.4) is 0 Å². The van der Waals surface area contributed by atoms with Gasteiger partial charge < -0.3 is 10.2 Å². The Morgan fingerprint density at radius 1 is 1.23 bits per heavy atom. The van der Waals surface area contributed by atoms with Crippen molar-refractivity contribution >= 4 is 33.7 Å². The first-order valence-corrected chi connectivity index (χ1v) is 11.6. The van der Waals surface area contributed by atoms with Crippen molar-refractivity contribution in [3.63, 3.8) is 0 Å². The summed E-state index contributed by atoms with van der Waals surface area (Å²) in [5.41, 5.74) is 3.93. The first-order valence-electron chi connectivity index (χ1n) is 10.7. The third kappa shape index (κ3) is 3.81. The van der Waals surface area contributed by atoms with Gasteiger partial charge in [-0.15, -0.1) is 11.3 Å². The molecule has 6 nitrogen and oxygen atoms in total. The SMILES string of the molecule is CCc1ccccc1Nc1nc([C@H]2CCCN(C(=O)c3ccccn3)C2)c2sccn12. The van der Waals surface area contributed by atoms with Crippen molar-refractivity contribution in [2.24, 2.45) is 0 Å². The number of piperidine rings is 1. The smallest absolute Gasteiger partial charge is 0.272 e. The van der Waals surface area contributed by atoms with Crippen LogP contribution in [0.2, 0.25) is 0 Å². The number of amides is 1. The Morgan fingerprint density at radius 3 is 2.94 bits per heavy atom. The average molecular weight is 432 g/mol. The summed E-state index contributed by atoms with van der Waals surface area (Å²) in [6.07, 6.45) is 6.69. The molecule has 0 aliphatic carbocycles. The molecule has 0 spiro atoms. The van der Waals surface area contributed by atoms with Crippen molar-refractivity contribution in [1.82, 2.24) is 19.3 Å². The van der Waals surface area contributed by atoms with E-state index in [1.165, 1.54) is 5.56 Å². The number of anilines is 2. The lowest BCUT2D eigenvalue weighted by Crippen LogP contribution is -2.39. The molecule has 4 heterocycles. The number of carbonyl (C=O) groups excluding carboxylic acids is 1. The van der Waals surface area contributed by atoms with Gasteiger partial charge in [0.25, 0.3) is 5.91 Å². The number of pyridine rings is 1. The summed E-state index contributed by atoms with van der Waals surface area (Å²) in [4.78, 5) is 25.3. The first-order chi connectivity index (χ1) is 15.2. The topological polar surface area (TPSA) is 62.5 Å². The van der Waals surface area contributed by atoms with Crippen LogP contribution in [0.5, 0.6) is 0 Å². The van der Waals surface area contributed by atoms with Crippen LogP contribution < -0.4 is 5.32 Å². The van der Waals surface area contributed by atoms with Crippen LogP contribution >= 0.6 is 11.3 Å². The molecule has 0 bridgehead atoms. The van der Waals surface area contributed by atoms with Gasteiger partial charge in [-0.2, -0.15) is 0 Å². The molecule has 1 N–H and O–H groups in total. The van der Waals surface area contributed by atoms with E-state index in [-0.39, 0.29) is 11.8 Å². The van der Waals surface area contributed by atoms with E-state index in [1.807, 2.05) is 23.1 Å². The van der Waals surface area contributed by atoms with Crippen molar-refractivity contribution in [1.29, 1.82) is 0 Å². The molecule has 4 aromatic rings. The lowest BCUT2D eigenvalue weighted by atomic mass is 9.95. The standard InChI is InChI=1S/C24H25N5OS/c1-2-17-8-3-4-10-19(17)26-24-27-21(23-29(24)14-15-31-23)18-9-7-13-28(16-18)22(30)20-11-5-6-12-25-20/h3-6,8,10-12,14-15,18H,2,7,9,13,16H2,1H3,(H,26,27)/t18-/m0/s1. The highest BCUT2D eigenvalue weighted by Crippen LogP contribution is 2.34. The summed E-state index contributed by atoms with van der Waals surface area (Å²) in [6, 6.07) is 13.8. The van der Waals surface area contributed by atoms with Crippen LogP contribution in [0, 0.1) is 0 Å². The molecule has 0 radical (unpaired) electrons. The maximum absolute atomic E-state index is 12.9. The summed E-state index contributed by atoms with van der Waals surface area (Å²) in [6.45, 7) is 3.60. The number of aryl methyl sites for hydroxylation is 1. The largest absolute Gasteiger partial charge is 0.337 e. The summed E-state index contributed by atoms with van der Waals surface area (Å²) < 4.78 is 2.13. The average Bonchev–Trinajstić information content (AvgIpc) is 3.43. The van der Waals surface area contributed by atoms with Gasteiger partial charge in [-0.25, -0.2) is 4.98 Å². The van der Waals surface area contributed by atoms with Crippen molar-refractivity contribution in [2.45, 2.75) is 32.1 Å². The van der Waals surface area contributed by atoms with E-state index in [0.29, 0.717) is 12.2 Å². The molecule has 1 fully saturated rings. The second-order valence-corrected chi connectivity index (χ2v) is 8.73. The molecule has 158 valence electrons. The third-order valence-corrected chi connectivity index (χ3v) is 6.79. The highest BCUT2D eigenvalue weighted by Gasteiger charge is 2.29. The Hall–Kier alpha value is -3.19. The highest BCUT2D eigenvalue weighted by atomic mass is 32.1. The minimum Gasteiger partial charge on any atom is -0.337 e. The van der Waals surface area contributed by atoms with Crippen molar-refractivity contribution in [2.75, 3.05) is 18.4 Å². The Balaban J connectivity index is 1.43. The molecular formula is C24H25N5OS. The summed E-state index contributed by atoms with van der Waals surface area (Å²) in [7, 11) is 0. The monoisotopic (exact) mass is 431 g/mol. The molecule has 1 aromatic carbocycles. The van der Waals surface area contributed by atoms with Gasteiger partial charge in [0, 0.05) is 42.5 Å². The number of benzene rings is 1. The van der Waals surface area contributed by atoms with Gasteiger partial charge in [-0.05, 0) is 43.0 Å². The molecule has 7 heteroatoms. The molecule has 31 heavy (non-hydrogen) atoms. The number of fused-ring (bicyclic) bond motifs is 1. The normalized spacial score (nSPS) is 16.5. The van der Waals surface area contributed by atoms with Crippen LogP contribution in [0.25, 0.3) is 4.83 Å². The quantitative estimate of drug-likeness (QED) is 0.477. The number of para-hydroxylation sites is 1. The van der Waals surface area contributed by atoms with Gasteiger partial charge in [-0.1, -0.05) is 31.2 Å². The zero-order chi connectivity index (χ0) is 21.2. The van der Waals surface area contributed by atoms with Gasteiger partial charge in [0.2, 0.25) is 5.95 Å². The predicted octanol–water partition coefficient (Wildman–Crippen LogP) is 5.12. The molecular weight excluding hydrogens is 406 g/mol. The molecule has 3 aromatic heterocycles. The van der Waals surface area contributed by atoms with E-state index in [0.717, 1.165) is 48.0 Å². The van der Waals surface area contributed by atoms with E-state index in [4.69, 9.17) is 4.98 Å². The number of aromatic nitrogens is 3. The fourth-order valence-corrected chi connectivity index (χ4v) is 5.21. The minimum absolute atomic E-state index is 0.00199. The van der Waals surface area contributed by atoms with Gasteiger partial charge in [0.15, 0.2) is 0 Å². The third-order valence-electron chi connectivity index (χ3n) is 5.91. The number of imidazole rings is 1. The maximum atomic E-state index is 12.9.